The molecule has 11 heteroatoms. The molecule has 3 rings (SSSR count). The van der Waals surface area contributed by atoms with Crippen LogP contribution in [0, 0.1) is 6.92 Å². The highest BCUT2D eigenvalue weighted by Crippen LogP contribution is 2.30. The van der Waals surface area contributed by atoms with Crippen molar-refractivity contribution in [1.82, 2.24) is 9.38 Å². The van der Waals surface area contributed by atoms with Gasteiger partial charge in [-0.05, 0) is 64.1 Å². The molecule has 0 aliphatic rings. The van der Waals surface area contributed by atoms with E-state index in [2.05, 4.69) is 9.72 Å². The van der Waals surface area contributed by atoms with Crippen LogP contribution in [-0.4, -0.2) is 42.6 Å². The molecule has 9 nitrogen and oxygen atoms in total. The summed E-state index contributed by atoms with van der Waals surface area (Å²) in [5.74, 6) is -0.746. The van der Waals surface area contributed by atoms with Gasteiger partial charge in [0.1, 0.15) is 11.2 Å². The molecule has 0 fully saturated rings. The number of halogens is 1. The zero-order valence-corrected chi connectivity index (χ0v) is 19.7. The Balaban J connectivity index is 2.18. The minimum atomic E-state index is -4.46. The number of carbonyl (C=O) groups is 2. The number of nitrogens with zero attached hydrogens (tertiary/aromatic N) is 3. The Labute approximate surface area is 190 Å². The number of ether oxygens (including phenoxy) is 2. The Morgan fingerprint density at radius 1 is 1.09 bits per heavy atom. The minimum Gasteiger partial charge on any atom is -0.465 e. The molecule has 3 aromatic rings. The second kappa shape index (κ2) is 8.44. The maximum atomic E-state index is 13.5. The zero-order chi connectivity index (χ0) is 23.8. The summed E-state index contributed by atoms with van der Waals surface area (Å²) in [5.41, 5.74) is -0.0423. The highest BCUT2D eigenvalue weighted by Gasteiger charge is 2.38. The number of esters is 1. The second-order valence-electron chi connectivity index (χ2n) is 7.86. The number of hydrogen-bond donors (Lipinski definition) is 0. The van der Waals surface area contributed by atoms with Crippen LogP contribution >= 0.6 is 11.6 Å². The van der Waals surface area contributed by atoms with E-state index in [1.54, 1.807) is 50.4 Å². The van der Waals surface area contributed by atoms with Crippen LogP contribution in [0.3, 0.4) is 0 Å². The van der Waals surface area contributed by atoms with Crippen molar-refractivity contribution in [2.75, 3.05) is 11.4 Å². The van der Waals surface area contributed by atoms with Crippen molar-refractivity contribution in [2.45, 2.75) is 38.2 Å². The van der Waals surface area contributed by atoms with Crippen molar-refractivity contribution in [3.8, 4) is 0 Å². The molecule has 0 saturated carbocycles. The predicted molar refractivity (Wildman–Crippen MR) is 119 cm³/mol. The fraction of sp³-hybridized carbons (Fsp3) is 0.286. The van der Waals surface area contributed by atoms with Crippen LogP contribution in [0.1, 0.15) is 36.8 Å². The van der Waals surface area contributed by atoms with Gasteiger partial charge in [0.05, 0.1) is 28.3 Å². The van der Waals surface area contributed by atoms with Crippen molar-refractivity contribution in [2.24, 2.45) is 0 Å². The van der Waals surface area contributed by atoms with E-state index in [0.29, 0.717) is 20.7 Å². The van der Waals surface area contributed by atoms with Gasteiger partial charge in [-0.25, -0.2) is 23.0 Å². The second-order valence-corrected chi connectivity index (χ2v) is 10.1. The Hall–Kier alpha value is -3.11. The van der Waals surface area contributed by atoms with E-state index in [1.807, 2.05) is 0 Å². The molecular formula is C21H22ClN3O6S. The fourth-order valence-electron chi connectivity index (χ4n) is 2.90. The number of benzene rings is 1. The van der Waals surface area contributed by atoms with Gasteiger partial charge in [0.2, 0.25) is 0 Å². The third-order valence-electron chi connectivity index (χ3n) is 4.36. The molecule has 1 aromatic carbocycles. The maximum Gasteiger partial charge on any atom is 0.430 e. The molecule has 0 saturated heterocycles. The molecule has 0 aliphatic heterocycles. The van der Waals surface area contributed by atoms with Gasteiger partial charge in [-0.3, -0.25) is 0 Å². The molecular weight excluding hydrogens is 458 g/mol. The third kappa shape index (κ3) is 4.56. The Morgan fingerprint density at radius 3 is 2.28 bits per heavy atom. The number of aryl methyl sites for hydroxylation is 1. The van der Waals surface area contributed by atoms with E-state index < -0.39 is 27.7 Å². The molecule has 0 N–H and O–H groups in total. The summed E-state index contributed by atoms with van der Waals surface area (Å²) < 4.78 is 39.2. The molecule has 0 bridgehead atoms. The summed E-state index contributed by atoms with van der Waals surface area (Å²) in [7, 11) is -3.24. The third-order valence-corrected chi connectivity index (χ3v) is 6.26. The normalized spacial score (nSPS) is 11.9. The lowest BCUT2D eigenvalue weighted by molar-refractivity contribution is 0.0592. The van der Waals surface area contributed by atoms with E-state index in [-0.39, 0.29) is 16.3 Å². The van der Waals surface area contributed by atoms with Crippen LogP contribution in [0.2, 0.25) is 5.02 Å². The van der Waals surface area contributed by atoms with Crippen molar-refractivity contribution >= 4 is 45.2 Å². The summed E-state index contributed by atoms with van der Waals surface area (Å²) >= 11 is 6.06. The van der Waals surface area contributed by atoms with Crippen molar-refractivity contribution in [1.29, 1.82) is 0 Å². The maximum absolute atomic E-state index is 13.5. The van der Waals surface area contributed by atoms with E-state index in [4.69, 9.17) is 16.3 Å². The summed E-state index contributed by atoms with van der Waals surface area (Å²) in [6.07, 6.45) is 0.445. The average molecular weight is 480 g/mol. The van der Waals surface area contributed by atoms with E-state index in [1.165, 1.54) is 31.4 Å². The molecule has 0 radical (unpaired) electrons. The van der Waals surface area contributed by atoms with Crippen LogP contribution in [0.5, 0.6) is 0 Å². The van der Waals surface area contributed by atoms with Crippen LogP contribution in [0.25, 0.3) is 5.65 Å². The lowest BCUT2D eigenvalue weighted by Crippen LogP contribution is -2.41. The quantitative estimate of drug-likeness (QED) is 0.515. The van der Waals surface area contributed by atoms with Crippen LogP contribution in [-0.2, 0) is 19.5 Å². The van der Waals surface area contributed by atoms with Gasteiger partial charge in [-0.2, -0.15) is 0 Å². The summed E-state index contributed by atoms with van der Waals surface area (Å²) in [6.45, 7) is 6.48. The van der Waals surface area contributed by atoms with Gasteiger partial charge >= 0.3 is 12.1 Å². The number of amides is 1. The molecule has 2 heterocycles. The molecule has 170 valence electrons. The van der Waals surface area contributed by atoms with Gasteiger partial charge in [0.25, 0.3) is 10.0 Å². The molecule has 0 unspecified atom stereocenters. The first-order valence-electron chi connectivity index (χ1n) is 9.46. The van der Waals surface area contributed by atoms with E-state index in [9.17, 15) is 18.0 Å². The molecule has 32 heavy (non-hydrogen) atoms. The summed E-state index contributed by atoms with van der Waals surface area (Å²) in [6, 6.07) is 8.21. The average Bonchev–Trinajstić information content (AvgIpc) is 3.01. The SMILES string of the molecule is COC(=O)c1ccc(S(=O)(=O)N(C(=O)OC(C)(C)C)c2nc3ccc(Cl)cn3c2C)cc1. The highest BCUT2D eigenvalue weighted by atomic mass is 35.5. The number of carbonyl (C=O) groups excluding carboxylic acids is 2. The van der Waals surface area contributed by atoms with E-state index in [0.717, 1.165) is 0 Å². The first-order valence-corrected chi connectivity index (χ1v) is 11.3. The first-order chi connectivity index (χ1) is 14.8. The molecule has 0 atom stereocenters. The van der Waals surface area contributed by atoms with Crippen LogP contribution in [0.4, 0.5) is 10.6 Å². The molecule has 2 aromatic heterocycles. The van der Waals surface area contributed by atoms with Gasteiger partial charge in [-0.15, -0.1) is 4.31 Å². The van der Waals surface area contributed by atoms with Crippen molar-refractivity contribution in [3.63, 3.8) is 0 Å². The number of imidazole rings is 1. The largest absolute Gasteiger partial charge is 0.465 e. The van der Waals surface area contributed by atoms with Crippen LogP contribution in [0.15, 0.2) is 47.5 Å². The van der Waals surface area contributed by atoms with Gasteiger partial charge in [-0.1, -0.05) is 11.6 Å². The monoisotopic (exact) mass is 479 g/mol. The number of rotatable bonds is 4. The Bertz CT molecular complexity index is 1290. The Morgan fingerprint density at radius 2 is 1.72 bits per heavy atom. The Kier molecular flexibility index (Phi) is 6.21. The number of aromatic nitrogens is 2. The van der Waals surface area contributed by atoms with Crippen molar-refractivity contribution in [3.05, 3.63) is 58.9 Å². The lowest BCUT2D eigenvalue weighted by atomic mass is 10.2. The topological polar surface area (TPSA) is 107 Å². The van der Waals surface area contributed by atoms with Gasteiger partial charge < -0.3 is 13.9 Å². The number of methoxy groups -OCH3 is 1. The highest BCUT2D eigenvalue weighted by molar-refractivity contribution is 7.93. The van der Waals surface area contributed by atoms with E-state index >= 15 is 0 Å². The summed E-state index contributed by atoms with van der Waals surface area (Å²) in [5, 5.41) is 0.412. The number of hydrogen-bond acceptors (Lipinski definition) is 7. The first kappa shape index (κ1) is 23.6. The zero-order valence-electron chi connectivity index (χ0n) is 18.1. The number of fused-ring (bicyclic) bond motifs is 1. The minimum absolute atomic E-state index is 0.126. The van der Waals surface area contributed by atoms with Gasteiger partial charge in [0, 0.05) is 6.20 Å². The molecule has 0 spiro atoms. The number of anilines is 1. The fourth-order valence-corrected chi connectivity index (χ4v) is 4.39. The summed E-state index contributed by atoms with van der Waals surface area (Å²) in [4.78, 5) is 28.9. The number of sulfonamides is 1. The smallest absolute Gasteiger partial charge is 0.430 e. The standard InChI is InChI=1S/C21H22ClN3O6S/c1-13-18(23-17-11-8-15(22)12-24(13)17)25(20(27)31-21(2,3)4)32(28,29)16-9-6-14(7-10-16)19(26)30-5/h6-12H,1-5H3. The lowest BCUT2D eigenvalue weighted by Gasteiger charge is -2.26. The van der Waals surface area contributed by atoms with Crippen LogP contribution < -0.4 is 4.31 Å². The number of pyridine rings is 1. The molecule has 0 aliphatic carbocycles. The van der Waals surface area contributed by atoms with Gasteiger partial charge in [0.15, 0.2) is 5.82 Å². The predicted octanol–water partition coefficient (Wildman–Crippen LogP) is 4.21. The molecule has 1 amide bonds. The van der Waals surface area contributed by atoms with Crippen molar-refractivity contribution < 1.29 is 27.5 Å².